The number of imidazole rings is 1. The first kappa shape index (κ1) is 16.3. The van der Waals surface area contributed by atoms with Crippen LogP contribution >= 0.6 is 11.8 Å². The van der Waals surface area contributed by atoms with E-state index in [0.717, 1.165) is 17.1 Å². The molecule has 0 fully saturated rings. The molecule has 0 bridgehead atoms. The Labute approximate surface area is 145 Å². The van der Waals surface area contributed by atoms with E-state index in [1.165, 1.54) is 4.90 Å². The number of amides is 1. The lowest BCUT2D eigenvalue weighted by molar-refractivity contribution is 0.0804. The van der Waals surface area contributed by atoms with Crippen LogP contribution in [0.5, 0.6) is 0 Å². The summed E-state index contributed by atoms with van der Waals surface area (Å²) in [6, 6.07) is 17.8. The minimum Gasteiger partial charge on any atom is -0.345 e. The van der Waals surface area contributed by atoms with Crippen LogP contribution in [0.1, 0.15) is 10.4 Å². The van der Waals surface area contributed by atoms with Crippen molar-refractivity contribution in [2.24, 2.45) is 0 Å². The smallest absolute Gasteiger partial charge is 0.253 e. The Bertz CT molecular complexity index is 787. The molecule has 0 aliphatic heterocycles. The standard InChI is InChI=1S/C19H19N3OS/c1-22(12-13-24-17-8-3-2-4-9-17)19(23)16-7-5-6-15(14-16)18-20-10-11-21-18/h2-11,14H,12-13H2,1H3,(H,20,21). The van der Waals surface area contributed by atoms with Gasteiger partial charge in [0.2, 0.25) is 0 Å². The summed E-state index contributed by atoms with van der Waals surface area (Å²) in [5.74, 6) is 1.66. The fourth-order valence-electron chi connectivity index (χ4n) is 2.36. The van der Waals surface area contributed by atoms with Crippen LogP contribution in [-0.2, 0) is 0 Å². The zero-order valence-corrected chi connectivity index (χ0v) is 14.3. The van der Waals surface area contributed by atoms with Gasteiger partial charge in [0.05, 0.1) is 0 Å². The van der Waals surface area contributed by atoms with Gasteiger partial charge in [-0.15, -0.1) is 11.8 Å². The highest BCUT2D eigenvalue weighted by Crippen LogP contribution is 2.19. The topological polar surface area (TPSA) is 49.0 Å². The largest absolute Gasteiger partial charge is 0.345 e. The van der Waals surface area contributed by atoms with E-state index >= 15 is 0 Å². The van der Waals surface area contributed by atoms with Crippen LogP contribution in [-0.4, -0.2) is 40.1 Å². The molecule has 122 valence electrons. The number of carbonyl (C=O) groups excluding carboxylic acids is 1. The summed E-state index contributed by atoms with van der Waals surface area (Å²) >= 11 is 1.75. The van der Waals surface area contributed by atoms with Crippen LogP contribution in [0.3, 0.4) is 0 Å². The van der Waals surface area contributed by atoms with Crippen molar-refractivity contribution >= 4 is 17.7 Å². The van der Waals surface area contributed by atoms with Gasteiger partial charge in [-0.1, -0.05) is 30.3 Å². The molecule has 1 amide bonds. The fraction of sp³-hybridized carbons (Fsp3) is 0.158. The highest BCUT2D eigenvalue weighted by Gasteiger charge is 2.12. The third-order valence-electron chi connectivity index (χ3n) is 3.67. The van der Waals surface area contributed by atoms with Crippen molar-refractivity contribution < 1.29 is 4.79 Å². The Kier molecular flexibility index (Phi) is 5.33. The Morgan fingerprint density at radius 2 is 2.00 bits per heavy atom. The molecule has 4 nitrogen and oxygen atoms in total. The summed E-state index contributed by atoms with van der Waals surface area (Å²) < 4.78 is 0. The molecule has 0 spiro atoms. The third-order valence-corrected chi connectivity index (χ3v) is 4.66. The molecule has 24 heavy (non-hydrogen) atoms. The van der Waals surface area contributed by atoms with E-state index in [1.54, 1.807) is 29.1 Å². The molecule has 0 saturated heterocycles. The molecular weight excluding hydrogens is 318 g/mol. The summed E-state index contributed by atoms with van der Waals surface area (Å²) in [5, 5.41) is 0. The molecule has 0 unspecified atom stereocenters. The average Bonchev–Trinajstić information content (AvgIpc) is 3.17. The Morgan fingerprint density at radius 3 is 2.75 bits per heavy atom. The average molecular weight is 337 g/mol. The number of nitrogens with one attached hydrogen (secondary N) is 1. The van der Waals surface area contributed by atoms with Crippen molar-refractivity contribution in [2.75, 3.05) is 19.3 Å². The van der Waals surface area contributed by atoms with Gasteiger partial charge in [-0.05, 0) is 24.3 Å². The predicted octanol–water partition coefficient (Wildman–Crippen LogP) is 3.94. The summed E-state index contributed by atoms with van der Waals surface area (Å²) in [5.41, 5.74) is 1.59. The summed E-state index contributed by atoms with van der Waals surface area (Å²) in [6.45, 7) is 0.698. The van der Waals surface area contributed by atoms with Gasteiger partial charge in [-0.3, -0.25) is 4.79 Å². The number of rotatable bonds is 6. The molecular formula is C19H19N3OS. The predicted molar refractivity (Wildman–Crippen MR) is 98.2 cm³/mol. The molecule has 1 N–H and O–H groups in total. The number of carbonyl (C=O) groups is 1. The van der Waals surface area contributed by atoms with Gasteiger partial charge in [0.15, 0.2) is 0 Å². The number of hydrogen-bond acceptors (Lipinski definition) is 3. The monoisotopic (exact) mass is 337 g/mol. The highest BCUT2D eigenvalue weighted by atomic mass is 32.2. The van der Waals surface area contributed by atoms with Crippen molar-refractivity contribution in [3.8, 4) is 11.4 Å². The number of H-pyrrole nitrogens is 1. The molecule has 0 atom stereocenters. The van der Waals surface area contributed by atoms with Crippen molar-refractivity contribution in [2.45, 2.75) is 4.90 Å². The van der Waals surface area contributed by atoms with E-state index in [2.05, 4.69) is 22.1 Å². The molecule has 2 aromatic carbocycles. The lowest BCUT2D eigenvalue weighted by Crippen LogP contribution is -2.28. The second-order valence-electron chi connectivity index (χ2n) is 5.41. The number of nitrogens with zero attached hydrogens (tertiary/aromatic N) is 2. The van der Waals surface area contributed by atoms with Gasteiger partial charge >= 0.3 is 0 Å². The Morgan fingerprint density at radius 1 is 1.17 bits per heavy atom. The van der Waals surface area contributed by atoms with Crippen LogP contribution in [0.25, 0.3) is 11.4 Å². The maximum Gasteiger partial charge on any atom is 0.253 e. The second-order valence-corrected chi connectivity index (χ2v) is 6.58. The minimum absolute atomic E-state index is 0.0251. The molecule has 3 aromatic rings. The van der Waals surface area contributed by atoms with Gasteiger partial charge in [0.25, 0.3) is 5.91 Å². The van der Waals surface area contributed by atoms with Gasteiger partial charge < -0.3 is 9.88 Å². The number of aromatic nitrogens is 2. The minimum atomic E-state index is 0.0251. The normalized spacial score (nSPS) is 10.5. The highest BCUT2D eigenvalue weighted by molar-refractivity contribution is 7.99. The molecule has 1 heterocycles. The van der Waals surface area contributed by atoms with Crippen LogP contribution in [0.2, 0.25) is 0 Å². The van der Waals surface area contributed by atoms with Crippen LogP contribution in [0.15, 0.2) is 71.9 Å². The van der Waals surface area contributed by atoms with Gasteiger partial charge in [-0.2, -0.15) is 0 Å². The molecule has 0 radical (unpaired) electrons. The van der Waals surface area contributed by atoms with Crippen molar-refractivity contribution in [1.29, 1.82) is 0 Å². The zero-order valence-electron chi connectivity index (χ0n) is 13.5. The fourth-order valence-corrected chi connectivity index (χ4v) is 3.31. The molecule has 0 aliphatic carbocycles. The van der Waals surface area contributed by atoms with E-state index < -0.39 is 0 Å². The first-order chi connectivity index (χ1) is 11.7. The van der Waals surface area contributed by atoms with E-state index in [4.69, 9.17) is 0 Å². The summed E-state index contributed by atoms with van der Waals surface area (Å²) in [4.78, 5) is 22.9. The van der Waals surface area contributed by atoms with Crippen molar-refractivity contribution in [1.82, 2.24) is 14.9 Å². The first-order valence-electron chi connectivity index (χ1n) is 7.77. The number of benzene rings is 2. The SMILES string of the molecule is CN(CCSc1ccccc1)C(=O)c1cccc(-c2ncc[nH]2)c1. The lowest BCUT2D eigenvalue weighted by atomic mass is 10.1. The summed E-state index contributed by atoms with van der Waals surface area (Å²) in [7, 11) is 1.84. The van der Waals surface area contributed by atoms with E-state index in [-0.39, 0.29) is 5.91 Å². The van der Waals surface area contributed by atoms with Gasteiger partial charge in [-0.25, -0.2) is 4.98 Å². The molecule has 0 aliphatic rings. The number of aromatic amines is 1. The lowest BCUT2D eigenvalue weighted by Gasteiger charge is -2.17. The number of thioether (sulfide) groups is 1. The van der Waals surface area contributed by atoms with Crippen LogP contribution < -0.4 is 0 Å². The second kappa shape index (κ2) is 7.84. The van der Waals surface area contributed by atoms with Crippen molar-refractivity contribution in [3.05, 3.63) is 72.6 Å². The van der Waals surface area contributed by atoms with E-state index in [9.17, 15) is 4.79 Å². The molecule has 3 rings (SSSR count). The van der Waals surface area contributed by atoms with Crippen LogP contribution in [0, 0.1) is 0 Å². The third kappa shape index (κ3) is 4.06. The molecule has 0 saturated carbocycles. The van der Waals surface area contributed by atoms with Gasteiger partial charge in [0.1, 0.15) is 5.82 Å². The summed E-state index contributed by atoms with van der Waals surface area (Å²) in [6.07, 6.45) is 3.48. The maximum absolute atomic E-state index is 12.6. The molecule has 5 heteroatoms. The Hall–Kier alpha value is -2.53. The van der Waals surface area contributed by atoms with Gasteiger partial charge in [0, 0.05) is 47.8 Å². The Balaban J connectivity index is 1.60. The molecule has 1 aromatic heterocycles. The quantitative estimate of drug-likeness (QED) is 0.693. The number of hydrogen-bond donors (Lipinski definition) is 1. The zero-order chi connectivity index (χ0) is 16.8. The van der Waals surface area contributed by atoms with Crippen molar-refractivity contribution in [3.63, 3.8) is 0 Å². The van der Waals surface area contributed by atoms with E-state index in [0.29, 0.717) is 12.1 Å². The van der Waals surface area contributed by atoms with E-state index in [1.807, 2.05) is 49.5 Å². The van der Waals surface area contributed by atoms with Crippen LogP contribution in [0.4, 0.5) is 0 Å². The maximum atomic E-state index is 12.6. The first-order valence-corrected chi connectivity index (χ1v) is 8.76.